The Morgan fingerprint density at radius 2 is 1.58 bits per heavy atom. The van der Waals surface area contributed by atoms with E-state index in [1.165, 1.54) is 23.9 Å². The summed E-state index contributed by atoms with van der Waals surface area (Å²) < 4.78 is 15.6. The van der Waals surface area contributed by atoms with Gasteiger partial charge in [0.1, 0.15) is 12.6 Å². The van der Waals surface area contributed by atoms with Gasteiger partial charge in [0, 0.05) is 27.7 Å². The maximum absolute atomic E-state index is 12.8. The fourth-order valence-electron chi connectivity index (χ4n) is 3.45. The summed E-state index contributed by atoms with van der Waals surface area (Å²) in [5, 5.41) is 2.47. The summed E-state index contributed by atoms with van der Waals surface area (Å²) in [5.74, 6) is -2.86. The van der Waals surface area contributed by atoms with E-state index in [1.54, 1.807) is 0 Å². The van der Waals surface area contributed by atoms with Crippen molar-refractivity contribution in [2.45, 2.75) is 58.9 Å². The summed E-state index contributed by atoms with van der Waals surface area (Å²) >= 11 is 0. The molecule has 1 heterocycles. The van der Waals surface area contributed by atoms with E-state index in [9.17, 15) is 24.0 Å². The summed E-state index contributed by atoms with van der Waals surface area (Å²) in [4.78, 5) is 60.0. The van der Waals surface area contributed by atoms with Gasteiger partial charge in [-0.15, -0.1) is 0 Å². The van der Waals surface area contributed by atoms with Crippen LogP contribution in [-0.2, 0) is 44.7 Å². The Morgan fingerprint density at radius 1 is 0.968 bits per heavy atom. The van der Waals surface area contributed by atoms with Gasteiger partial charge < -0.3 is 14.2 Å². The van der Waals surface area contributed by atoms with Crippen LogP contribution in [0.4, 0.5) is 0 Å². The molecule has 1 saturated heterocycles. The summed E-state index contributed by atoms with van der Waals surface area (Å²) in [6, 6.07) is 8.12. The van der Waals surface area contributed by atoms with Gasteiger partial charge in [-0.05, 0) is 5.56 Å². The van der Waals surface area contributed by atoms with Crippen LogP contribution in [0, 0.1) is 0 Å². The molecule has 0 radical (unpaired) electrons. The number of amides is 2. The van der Waals surface area contributed by atoms with Crippen LogP contribution in [0.2, 0.25) is 0 Å². The maximum atomic E-state index is 12.8. The number of esters is 3. The van der Waals surface area contributed by atoms with Crippen molar-refractivity contribution in [1.82, 2.24) is 10.0 Å². The second kappa shape index (κ2) is 10.6. The zero-order valence-electron chi connectivity index (χ0n) is 17.9. The van der Waals surface area contributed by atoms with Crippen molar-refractivity contribution in [3.63, 3.8) is 0 Å². The number of hydrazine groups is 1. The van der Waals surface area contributed by atoms with Gasteiger partial charge >= 0.3 is 17.9 Å². The van der Waals surface area contributed by atoms with Gasteiger partial charge in [0.2, 0.25) is 11.8 Å². The van der Waals surface area contributed by atoms with Crippen LogP contribution < -0.4 is 0 Å². The first-order chi connectivity index (χ1) is 14.6. The largest absolute Gasteiger partial charge is 0.462 e. The molecule has 10 nitrogen and oxygen atoms in total. The molecular formula is C21H26N2O8. The van der Waals surface area contributed by atoms with Crippen molar-refractivity contribution in [2.24, 2.45) is 0 Å². The van der Waals surface area contributed by atoms with Crippen molar-refractivity contribution >= 4 is 29.7 Å². The molecule has 1 aliphatic heterocycles. The zero-order chi connectivity index (χ0) is 23.1. The topological polar surface area (TPSA) is 120 Å². The molecule has 1 aliphatic rings. The first kappa shape index (κ1) is 23.8. The summed E-state index contributed by atoms with van der Waals surface area (Å²) in [5.41, 5.74) is 0.795. The molecule has 0 N–H and O–H groups in total. The summed E-state index contributed by atoms with van der Waals surface area (Å²) in [7, 11) is 0. The van der Waals surface area contributed by atoms with E-state index >= 15 is 0 Å². The van der Waals surface area contributed by atoms with Crippen LogP contribution in [0.5, 0.6) is 0 Å². The number of hydrogen-bond donors (Lipinski definition) is 0. The number of benzene rings is 1. The Kier molecular flexibility index (Phi) is 8.12. The number of carbonyl (C=O) groups is 5. The molecule has 0 bridgehead atoms. The molecule has 0 spiro atoms. The SMILES string of the molecule is CC(=O)OC[C@@H](OC(C)=O)[C@H](OC(C)=O)[C@@H]1CC(=O)N(Cc2ccccc2)N1C(C)=O. The monoisotopic (exact) mass is 434 g/mol. The van der Waals surface area contributed by atoms with Gasteiger partial charge in [0.25, 0.3) is 0 Å². The minimum Gasteiger partial charge on any atom is -0.462 e. The summed E-state index contributed by atoms with van der Waals surface area (Å²) in [6.45, 7) is 4.48. The quantitative estimate of drug-likeness (QED) is 0.439. The highest BCUT2D eigenvalue weighted by Crippen LogP contribution is 2.29. The summed E-state index contributed by atoms with van der Waals surface area (Å²) in [6.07, 6.45) is -2.60. The predicted octanol–water partition coefficient (Wildman–Crippen LogP) is 0.977. The maximum Gasteiger partial charge on any atom is 0.303 e. The third kappa shape index (κ3) is 6.53. The number of ether oxygens (including phenoxy) is 3. The second-order valence-electron chi connectivity index (χ2n) is 7.10. The number of rotatable bonds is 8. The molecule has 0 aromatic heterocycles. The van der Waals surface area contributed by atoms with Gasteiger partial charge in [-0.25, -0.2) is 10.0 Å². The van der Waals surface area contributed by atoms with Crippen LogP contribution in [-0.4, -0.2) is 64.6 Å². The first-order valence-corrected chi connectivity index (χ1v) is 9.72. The Balaban J connectivity index is 2.38. The normalized spacial score (nSPS) is 17.7. The molecule has 2 amide bonds. The van der Waals surface area contributed by atoms with Crippen LogP contribution >= 0.6 is 0 Å². The van der Waals surface area contributed by atoms with Crippen molar-refractivity contribution in [1.29, 1.82) is 0 Å². The highest BCUT2D eigenvalue weighted by Gasteiger charge is 2.48. The van der Waals surface area contributed by atoms with Crippen molar-refractivity contribution in [2.75, 3.05) is 6.61 Å². The predicted molar refractivity (Wildman–Crippen MR) is 106 cm³/mol. The molecule has 0 unspecified atom stereocenters. The van der Waals surface area contributed by atoms with E-state index in [2.05, 4.69) is 0 Å². The molecule has 0 aliphatic carbocycles. The van der Waals surface area contributed by atoms with Crippen LogP contribution in [0.15, 0.2) is 30.3 Å². The fourth-order valence-corrected chi connectivity index (χ4v) is 3.45. The zero-order valence-corrected chi connectivity index (χ0v) is 17.9. The smallest absolute Gasteiger partial charge is 0.303 e. The average molecular weight is 434 g/mol. The first-order valence-electron chi connectivity index (χ1n) is 9.72. The van der Waals surface area contributed by atoms with Gasteiger partial charge in [-0.1, -0.05) is 30.3 Å². The Morgan fingerprint density at radius 3 is 2.10 bits per heavy atom. The fraction of sp³-hybridized carbons (Fsp3) is 0.476. The Labute approximate surface area is 180 Å². The second-order valence-corrected chi connectivity index (χ2v) is 7.10. The molecule has 0 saturated carbocycles. The van der Waals surface area contributed by atoms with Crippen LogP contribution in [0.25, 0.3) is 0 Å². The van der Waals surface area contributed by atoms with Gasteiger partial charge in [-0.3, -0.25) is 24.0 Å². The molecule has 1 aromatic rings. The number of nitrogens with zero attached hydrogens (tertiary/aromatic N) is 2. The lowest BCUT2D eigenvalue weighted by molar-refractivity contribution is -0.185. The van der Waals surface area contributed by atoms with Gasteiger partial charge in [0.05, 0.1) is 13.0 Å². The van der Waals surface area contributed by atoms with E-state index in [1.807, 2.05) is 30.3 Å². The van der Waals surface area contributed by atoms with Crippen molar-refractivity contribution < 1.29 is 38.2 Å². The third-order valence-electron chi connectivity index (χ3n) is 4.56. The lowest BCUT2D eigenvalue weighted by atomic mass is 10.0. The van der Waals surface area contributed by atoms with Crippen molar-refractivity contribution in [3.05, 3.63) is 35.9 Å². The molecule has 168 valence electrons. The van der Waals surface area contributed by atoms with E-state index < -0.39 is 48.7 Å². The average Bonchev–Trinajstić information content (AvgIpc) is 3.00. The highest BCUT2D eigenvalue weighted by atomic mass is 16.6. The van der Waals surface area contributed by atoms with Gasteiger partial charge in [0.15, 0.2) is 12.2 Å². The Hall–Kier alpha value is -3.43. The van der Waals surface area contributed by atoms with Gasteiger partial charge in [-0.2, -0.15) is 0 Å². The van der Waals surface area contributed by atoms with Crippen LogP contribution in [0.1, 0.15) is 39.7 Å². The molecule has 1 fully saturated rings. The standard InChI is InChI=1S/C21H26N2O8/c1-13(24)23-18(10-20(28)22(23)11-17-8-6-5-7-9-17)21(31-16(4)27)19(30-15(3)26)12-29-14(2)25/h5-9,18-19,21H,10-12H2,1-4H3/t18-,19+,21+/m0/s1. The Bertz CT molecular complexity index is 841. The molecule has 3 atom stereocenters. The van der Waals surface area contributed by atoms with E-state index in [4.69, 9.17) is 14.2 Å². The number of hydrogen-bond acceptors (Lipinski definition) is 8. The molecular weight excluding hydrogens is 408 g/mol. The molecule has 1 aromatic carbocycles. The number of carbonyl (C=O) groups excluding carboxylic acids is 5. The van der Waals surface area contributed by atoms with E-state index in [0.717, 1.165) is 19.4 Å². The molecule has 31 heavy (non-hydrogen) atoms. The lowest BCUT2D eigenvalue weighted by Crippen LogP contribution is -2.54. The lowest BCUT2D eigenvalue weighted by Gasteiger charge is -2.36. The minimum atomic E-state index is -1.23. The van der Waals surface area contributed by atoms with Crippen molar-refractivity contribution in [3.8, 4) is 0 Å². The van der Waals surface area contributed by atoms with E-state index in [-0.39, 0.29) is 18.9 Å². The molecule has 2 rings (SSSR count). The van der Waals surface area contributed by atoms with E-state index in [0.29, 0.717) is 0 Å². The minimum absolute atomic E-state index is 0.130. The third-order valence-corrected chi connectivity index (χ3v) is 4.56. The molecule has 10 heteroatoms. The van der Waals surface area contributed by atoms with Crippen LogP contribution in [0.3, 0.4) is 0 Å². The highest BCUT2D eigenvalue weighted by molar-refractivity contribution is 5.85.